The van der Waals surface area contributed by atoms with Crippen molar-refractivity contribution in [1.29, 1.82) is 0 Å². The van der Waals surface area contributed by atoms with Crippen molar-refractivity contribution in [3.8, 4) is 5.75 Å². The number of carbonyl (C=O) groups is 1. The highest BCUT2D eigenvalue weighted by Crippen LogP contribution is 2.25. The summed E-state index contributed by atoms with van der Waals surface area (Å²) in [5, 5.41) is 6.33. The van der Waals surface area contributed by atoms with E-state index < -0.39 is 0 Å². The normalized spacial score (nSPS) is 16.8. The van der Waals surface area contributed by atoms with Crippen molar-refractivity contribution in [3.63, 3.8) is 0 Å². The predicted octanol–water partition coefficient (Wildman–Crippen LogP) is 3.58. The number of hydrogen-bond donors (Lipinski definition) is 2. The molecule has 122 valence electrons. The van der Waals surface area contributed by atoms with Crippen molar-refractivity contribution >= 4 is 11.6 Å². The van der Waals surface area contributed by atoms with Crippen LogP contribution in [0.5, 0.6) is 5.75 Å². The number of anilines is 1. The number of carbonyl (C=O) groups excluding carboxylic acids is 1. The lowest BCUT2D eigenvalue weighted by molar-refractivity contribution is -0.121. The Morgan fingerprint density at radius 3 is 2.73 bits per heavy atom. The van der Waals surface area contributed by atoms with Gasteiger partial charge in [0.05, 0.1) is 12.3 Å². The van der Waals surface area contributed by atoms with Crippen LogP contribution in [-0.4, -0.2) is 25.1 Å². The largest absolute Gasteiger partial charge is 0.492 e. The molecule has 0 saturated heterocycles. The molecule has 0 bridgehead atoms. The van der Waals surface area contributed by atoms with Crippen molar-refractivity contribution in [3.05, 3.63) is 24.3 Å². The quantitative estimate of drug-likeness (QED) is 0.809. The molecule has 0 aliphatic heterocycles. The van der Waals surface area contributed by atoms with Crippen LogP contribution < -0.4 is 15.4 Å². The van der Waals surface area contributed by atoms with Gasteiger partial charge in [0.1, 0.15) is 11.8 Å². The van der Waals surface area contributed by atoms with E-state index in [1.165, 1.54) is 32.1 Å². The molecule has 22 heavy (non-hydrogen) atoms. The van der Waals surface area contributed by atoms with Gasteiger partial charge >= 0.3 is 0 Å². The molecule has 0 radical (unpaired) electrons. The number of hydrogen-bond acceptors (Lipinski definition) is 3. The van der Waals surface area contributed by atoms with Crippen molar-refractivity contribution in [2.24, 2.45) is 5.92 Å². The van der Waals surface area contributed by atoms with E-state index in [1.54, 1.807) is 0 Å². The van der Waals surface area contributed by atoms with Gasteiger partial charge in [0.15, 0.2) is 0 Å². The van der Waals surface area contributed by atoms with E-state index in [0.29, 0.717) is 12.5 Å². The minimum Gasteiger partial charge on any atom is -0.492 e. The van der Waals surface area contributed by atoms with Gasteiger partial charge in [0.25, 0.3) is 0 Å². The van der Waals surface area contributed by atoms with Crippen LogP contribution in [0.4, 0.5) is 5.69 Å². The molecule has 1 aliphatic rings. The topological polar surface area (TPSA) is 50.4 Å². The highest BCUT2D eigenvalue weighted by Gasteiger charge is 2.18. The van der Waals surface area contributed by atoms with Gasteiger partial charge in [0, 0.05) is 6.54 Å². The van der Waals surface area contributed by atoms with Gasteiger partial charge in [-0.25, -0.2) is 0 Å². The molecule has 0 unspecified atom stereocenters. The third-order valence-corrected chi connectivity index (χ3v) is 4.24. The first kappa shape index (κ1) is 16.7. The highest BCUT2D eigenvalue weighted by molar-refractivity contribution is 5.84. The lowest BCUT2D eigenvalue weighted by Crippen LogP contribution is -2.40. The van der Waals surface area contributed by atoms with Gasteiger partial charge in [-0.3, -0.25) is 4.79 Å². The third kappa shape index (κ3) is 4.93. The Balaban J connectivity index is 1.83. The SMILES string of the molecule is CCOc1ccccc1N[C@H](C)C(=O)NCC1CCCCC1. The summed E-state index contributed by atoms with van der Waals surface area (Å²) in [4.78, 5) is 12.2. The maximum absolute atomic E-state index is 12.2. The summed E-state index contributed by atoms with van der Waals surface area (Å²) in [7, 11) is 0. The molecule has 1 amide bonds. The molecule has 0 spiro atoms. The lowest BCUT2D eigenvalue weighted by Gasteiger charge is -2.23. The molecule has 2 rings (SSSR count). The van der Waals surface area contributed by atoms with Crippen LogP contribution in [0.2, 0.25) is 0 Å². The number of benzene rings is 1. The van der Waals surface area contributed by atoms with Crippen LogP contribution in [0.15, 0.2) is 24.3 Å². The zero-order valence-corrected chi connectivity index (χ0v) is 13.7. The lowest BCUT2D eigenvalue weighted by atomic mass is 9.89. The molecular formula is C18H28N2O2. The maximum atomic E-state index is 12.2. The van der Waals surface area contributed by atoms with E-state index in [4.69, 9.17) is 4.74 Å². The molecule has 0 heterocycles. The van der Waals surface area contributed by atoms with Crippen LogP contribution >= 0.6 is 0 Å². The third-order valence-electron chi connectivity index (χ3n) is 4.24. The van der Waals surface area contributed by atoms with Crippen molar-refractivity contribution < 1.29 is 9.53 Å². The Labute approximate surface area is 133 Å². The number of para-hydroxylation sites is 2. The molecule has 1 fully saturated rings. The van der Waals surface area contributed by atoms with E-state index in [-0.39, 0.29) is 11.9 Å². The second kappa shape index (κ2) is 8.66. The molecule has 2 N–H and O–H groups in total. The maximum Gasteiger partial charge on any atom is 0.242 e. The second-order valence-electron chi connectivity index (χ2n) is 6.04. The summed E-state index contributed by atoms with van der Waals surface area (Å²) in [5.41, 5.74) is 0.865. The summed E-state index contributed by atoms with van der Waals surface area (Å²) >= 11 is 0. The van der Waals surface area contributed by atoms with Crippen molar-refractivity contribution in [1.82, 2.24) is 5.32 Å². The standard InChI is InChI=1S/C18H28N2O2/c1-3-22-17-12-8-7-11-16(17)20-14(2)18(21)19-13-15-9-5-4-6-10-15/h7-8,11-12,14-15,20H,3-6,9-10,13H2,1-2H3,(H,19,21)/t14-/m1/s1. The van der Waals surface area contributed by atoms with Crippen LogP contribution in [0.3, 0.4) is 0 Å². The summed E-state index contributed by atoms with van der Waals surface area (Å²) in [6.07, 6.45) is 6.44. The van der Waals surface area contributed by atoms with E-state index >= 15 is 0 Å². The second-order valence-corrected chi connectivity index (χ2v) is 6.04. The van der Waals surface area contributed by atoms with Crippen LogP contribution in [0.25, 0.3) is 0 Å². The molecule has 4 heteroatoms. The van der Waals surface area contributed by atoms with E-state index in [2.05, 4.69) is 10.6 Å². The van der Waals surface area contributed by atoms with Gasteiger partial charge in [-0.2, -0.15) is 0 Å². The Hall–Kier alpha value is -1.71. The summed E-state index contributed by atoms with van der Waals surface area (Å²) in [5.74, 6) is 1.49. The molecule has 1 atom stereocenters. The minimum absolute atomic E-state index is 0.0527. The Bertz CT molecular complexity index is 470. The van der Waals surface area contributed by atoms with Gasteiger partial charge in [0.2, 0.25) is 5.91 Å². The smallest absolute Gasteiger partial charge is 0.242 e. The van der Waals surface area contributed by atoms with E-state index in [9.17, 15) is 4.79 Å². The average Bonchev–Trinajstić information content (AvgIpc) is 2.55. The first-order valence-electron chi connectivity index (χ1n) is 8.46. The first-order valence-corrected chi connectivity index (χ1v) is 8.46. The molecule has 1 aliphatic carbocycles. The van der Waals surface area contributed by atoms with Gasteiger partial charge in [-0.1, -0.05) is 31.4 Å². The monoisotopic (exact) mass is 304 g/mol. The molecule has 1 aromatic rings. The molecular weight excluding hydrogens is 276 g/mol. The van der Waals surface area contributed by atoms with Crippen molar-refractivity contribution in [2.45, 2.75) is 52.0 Å². The van der Waals surface area contributed by atoms with E-state index in [1.807, 2.05) is 38.1 Å². The van der Waals surface area contributed by atoms with Gasteiger partial charge in [-0.15, -0.1) is 0 Å². The summed E-state index contributed by atoms with van der Waals surface area (Å²) < 4.78 is 5.58. The molecule has 1 saturated carbocycles. The van der Waals surface area contributed by atoms with E-state index in [0.717, 1.165) is 18.0 Å². The number of amides is 1. The number of ether oxygens (including phenoxy) is 1. The number of nitrogens with one attached hydrogen (secondary N) is 2. The van der Waals surface area contributed by atoms with Gasteiger partial charge < -0.3 is 15.4 Å². The summed E-state index contributed by atoms with van der Waals surface area (Å²) in [6.45, 7) is 5.26. The highest BCUT2D eigenvalue weighted by atomic mass is 16.5. The Morgan fingerprint density at radius 1 is 1.27 bits per heavy atom. The summed E-state index contributed by atoms with van der Waals surface area (Å²) in [6, 6.07) is 7.46. The van der Waals surface area contributed by atoms with Crippen LogP contribution in [0.1, 0.15) is 46.0 Å². The predicted molar refractivity (Wildman–Crippen MR) is 90.3 cm³/mol. The Kier molecular flexibility index (Phi) is 6.56. The molecule has 4 nitrogen and oxygen atoms in total. The van der Waals surface area contributed by atoms with Crippen LogP contribution in [-0.2, 0) is 4.79 Å². The van der Waals surface area contributed by atoms with Crippen LogP contribution in [0, 0.1) is 5.92 Å². The van der Waals surface area contributed by atoms with Gasteiger partial charge in [-0.05, 0) is 44.7 Å². The molecule has 0 aromatic heterocycles. The van der Waals surface area contributed by atoms with Crippen molar-refractivity contribution in [2.75, 3.05) is 18.5 Å². The fourth-order valence-corrected chi connectivity index (χ4v) is 2.96. The molecule has 1 aromatic carbocycles. The fraction of sp³-hybridized carbons (Fsp3) is 0.611. The Morgan fingerprint density at radius 2 is 2.00 bits per heavy atom. The zero-order chi connectivity index (χ0) is 15.8. The minimum atomic E-state index is -0.273. The fourth-order valence-electron chi connectivity index (χ4n) is 2.96. The average molecular weight is 304 g/mol. The first-order chi connectivity index (χ1) is 10.7. The zero-order valence-electron chi connectivity index (χ0n) is 13.7. The number of rotatable bonds is 7.